The Kier molecular flexibility index (Phi) is 4.21. The molecule has 5 nitrogen and oxygen atoms in total. The van der Waals surface area contributed by atoms with Crippen molar-refractivity contribution >= 4 is 16.0 Å². The van der Waals surface area contributed by atoms with Gasteiger partial charge in [-0.25, -0.2) is 17.9 Å². The minimum Gasteiger partial charge on any atom is -0.478 e. The average molecular weight is 283 g/mol. The van der Waals surface area contributed by atoms with E-state index in [2.05, 4.69) is 4.72 Å². The number of carboxylic acids is 1. The van der Waals surface area contributed by atoms with Crippen molar-refractivity contribution in [2.75, 3.05) is 0 Å². The molecule has 0 radical (unpaired) electrons. The highest BCUT2D eigenvalue weighted by Crippen LogP contribution is 2.19. The SMILES string of the molecule is O=C(O)c1cccc(CS(=O)(=O)NC2CCCC2)c1. The van der Waals surface area contributed by atoms with E-state index < -0.39 is 16.0 Å². The summed E-state index contributed by atoms with van der Waals surface area (Å²) in [6, 6.07) is 6.07. The summed E-state index contributed by atoms with van der Waals surface area (Å²) in [5, 5.41) is 8.87. The molecule has 0 atom stereocenters. The van der Waals surface area contributed by atoms with Crippen molar-refractivity contribution < 1.29 is 18.3 Å². The number of rotatable bonds is 5. The number of nitrogens with one attached hydrogen (secondary N) is 1. The minimum atomic E-state index is -3.40. The van der Waals surface area contributed by atoms with Gasteiger partial charge >= 0.3 is 5.97 Å². The summed E-state index contributed by atoms with van der Waals surface area (Å²) in [5.74, 6) is -1.23. The first kappa shape index (κ1) is 14.0. The van der Waals surface area contributed by atoms with Gasteiger partial charge in [0.05, 0.1) is 11.3 Å². The number of benzene rings is 1. The summed E-state index contributed by atoms with van der Waals surface area (Å²) >= 11 is 0. The lowest BCUT2D eigenvalue weighted by molar-refractivity contribution is 0.0696. The Morgan fingerprint density at radius 1 is 1.32 bits per heavy atom. The van der Waals surface area contributed by atoms with E-state index in [-0.39, 0.29) is 17.4 Å². The molecule has 0 bridgehead atoms. The highest BCUT2D eigenvalue weighted by atomic mass is 32.2. The summed E-state index contributed by atoms with van der Waals surface area (Å²) < 4.78 is 26.6. The zero-order valence-corrected chi connectivity index (χ0v) is 11.3. The van der Waals surface area contributed by atoms with Gasteiger partial charge in [-0.1, -0.05) is 25.0 Å². The van der Waals surface area contributed by atoms with E-state index in [4.69, 9.17) is 5.11 Å². The third kappa shape index (κ3) is 4.04. The van der Waals surface area contributed by atoms with Crippen LogP contribution in [0.25, 0.3) is 0 Å². The van der Waals surface area contributed by atoms with Crippen molar-refractivity contribution in [2.45, 2.75) is 37.5 Å². The van der Waals surface area contributed by atoms with Crippen LogP contribution in [-0.2, 0) is 15.8 Å². The lowest BCUT2D eigenvalue weighted by atomic mass is 10.1. The fourth-order valence-corrected chi connectivity index (χ4v) is 3.80. The van der Waals surface area contributed by atoms with Crippen molar-refractivity contribution in [3.8, 4) is 0 Å². The molecule has 19 heavy (non-hydrogen) atoms. The molecule has 0 heterocycles. The van der Waals surface area contributed by atoms with Crippen molar-refractivity contribution in [3.05, 3.63) is 35.4 Å². The van der Waals surface area contributed by atoms with Gasteiger partial charge in [0.1, 0.15) is 0 Å². The van der Waals surface area contributed by atoms with Crippen molar-refractivity contribution in [1.29, 1.82) is 0 Å². The molecule has 0 unspecified atom stereocenters. The third-order valence-electron chi connectivity index (χ3n) is 3.23. The fourth-order valence-electron chi connectivity index (χ4n) is 2.35. The van der Waals surface area contributed by atoms with Crippen molar-refractivity contribution in [1.82, 2.24) is 4.72 Å². The van der Waals surface area contributed by atoms with E-state index in [0.29, 0.717) is 5.56 Å². The van der Waals surface area contributed by atoms with Crippen molar-refractivity contribution in [2.24, 2.45) is 0 Å². The molecule has 2 rings (SSSR count). The van der Waals surface area contributed by atoms with E-state index in [1.54, 1.807) is 12.1 Å². The largest absolute Gasteiger partial charge is 0.478 e. The van der Waals surface area contributed by atoms with Gasteiger partial charge in [0.25, 0.3) is 0 Å². The molecular formula is C13H17NO4S. The third-order valence-corrected chi connectivity index (χ3v) is 4.64. The predicted molar refractivity (Wildman–Crippen MR) is 71.4 cm³/mol. The Labute approximate surface area is 112 Å². The minimum absolute atomic E-state index is 0.0349. The molecule has 2 N–H and O–H groups in total. The van der Waals surface area contributed by atoms with Crippen LogP contribution in [0.5, 0.6) is 0 Å². The summed E-state index contributed by atoms with van der Waals surface area (Å²) in [4.78, 5) is 10.8. The van der Waals surface area contributed by atoms with Gasteiger partial charge in [-0.2, -0.15) is 0 Å². The van der Waals surface area contributed by atoms with Gasteiger partial charge in [-0.3, -0.25) is 0 Å². The number of carbonyl (C=O) groups is 1. The molecule has 0 spiro atoms. The second-order valence-electron chi connectivity index (χ2n) is 4.86. The van der Waals surface area contributed by atoms with Crippen LogP contribution in [0.1, 0.15) is 41.6 Å². The monoisotopic (exact) mass is 283 g/mol. The normalized spacial score (nSPS) is 16.6. The second kappa shape index (κ2) is 5.71. The summed E-state index contributed by atoms with van der Waals surface area (Å²) in [6.07, 6.45) is 3.88. The van der Waals surface area contributed by atoms with Gasteiger partial charge in [-0.15, -0.1) is 0 Å². The quantitative estimate of drug-likeness (QED) is 0.862. The standard InChI is InChI=1S/C13H17NO4S/c15-13(16)11-5-3-4-10(8-11)9-19(17,18)14-12-6-1-2-7-12/h3-5,8,12,14H,1-2,6-7,9H2,(H,15,16). The van der Waals surface area contributed by atoms with E-state index in [9.17, 15) is 13.2 Å². The van der Waals surface area contributed by atoms with E-state index in [1.807, 2.05) is 0 Å². The zero-order valence-electron chi connectivity index (χ0n) is 10.5. The van der Waals surface area contributed by atoms with Crippen LogP contribution in [0.4, 0.5) is 0 Å². The highest BCUT2D eigenvalue weighted by Gasteiger charge is 2.21. The van der Waals surface area contributed by atoms with Gasteiger partial charge in [-0.05, 0) is 30.5 Å². The zero-order chi connectivity index (χ0) is 13.9. The summed E-state index contributed by atoms with van der Waals surface area (Å²) in [6.45, 7) is 0. The molecule has 1 aromatic rings. The first-order valence-corrected chi connectivity index (χ1v) is 7.94. The molecule has 1 saturated carbocycles. The molecule has 0 saturated heterocycles. The summed E-state index contributed by atoms with van der Waals surface area (Å²) in [5.41, 5.74) is 0.596. The number of hydrogen-bond acceptors (Lipinski definition) is 3. The average Bonchev–Trinajstić information content (AvgIpc) is 2.80. The van der Waals surface area contributed by atoms with Crippen LogP contribution in [-0.4, -0.2) is 25.5 Å². The fraction of sp³-hybridized carbons (Fsp3) is 0.462. The maximum atomic E-state index is 12.0. The molecule has 104 valence electrons. The van der Waals surface area contributed by atoms with Crippen LogP contribution in [0.15, 0.2) is 24.3 Å². The Balaban J connectivity index is 2.06. The second-order valence-corrected chi connectivity index (χ2v) is 6.62. The number of sulfonamides is 1. The number of carboxylic acid groups (broad SMARTS) is 1. The van der Waals surface area contributed by atoms with E-state index in [0.717, 1.165) is 25.7 Å². The maximum absolute atomic E-state index is 12.0. The lowest BCUT2D eigenvalue weighted by Gasteiger charge is -2.12. The molecule has 1 aliphatic carbocycles. The first-order chi connectivity index (χ1) is 8.96. The van der Waals surface area contributed by atoms with Crippen LogP contribution in [0.3, 0.4) is 0 Å². The number of hydrogen-bond donors (Lipinski definition) is 2. The van der Waals surface area contributed by atoms with Crippen LogP contribution < -0.4 is 4.72 Å². The summed E-state index contributed by atoms with van der Waals surface area (Å²) in [7, 11) is -3.40. The van der Waals surface area contributed by atoms with Gasteiger partial charge in [0.2, 0.25) is 10.0 Å². The molecule has 0 amide bonds. The molecule has 1 aromatic carbocycles. The molecule has 0 aromatic heterocycles. The Morgan fingerprint density at radius 2 is 2.00 bits per heavy atom. The highest BCUT2D eigenvalue weighted by molar-refractivity contribution is 7.88. The first-order valence-electron chi connectivity index (χ1n) is 6.28. The topological polar surface area (TPSA) is 83.5 Å². The maximum Gasteiger partial charge on any atom is 0.335 e. The molecule has 0 aliphatic heterocycles. The number of aromatic carboxylic acids is 1. The smallest absolute Gasteiger partial charge is 0.335 e. The van der Waals surface area contributed by atoms with Crippen LogP contribution in [0.2, 0.25) is 0 Å². The van der Waals surface area contributed by atoms with Crippen LogP contribution in [0, 0.1) is 0 Å². The van der Waals surface area contributed by atoms with Crippen molar-refractivity contribution in [3.63, 3.8) is 0 Å². The van der Waals surface area contributed by atoms with Crippen LogP contribution >= 0.6 is 0 Å². The molecular weight excluding hydrogens is 266 g/mol. The van der Waals surface area contributed by atoms with Gasteiger partial charge < -0.3 is 5.11 Å². The van der Waals surface area contributed by atoms with E-state index >= 15 is 0 Å². The Bertz CT molecular complexity index is 562. The molecule has 1 aliphatic rings. The molecule has 1 fully saturated rings. The predicted octanol–water partition coefficient (Wildman–Crippen LogP) is 1.75. The Hall–Kier alpha value is -1.40. The Morgan fingerprint density at radius 3 is 2.63 bits per heavy atom. The lowest BCUT2D eigenvalue weighted by Crippen LogP contribution is -2.33. The molecule has 6 heteroatoms. The van der Waals surface area contributed by atoms with Gasteiger partial charge in [0, 0.05) is 6.04 Å². The van der Waals surface area contributed by atoms with E-state index in [1.165, 1.54) is 12.1 Å². The van der Waals surface area contributed by atoms with Gasteiger partial charge in [0.15, 0.2) is 0 Å².